The lowest BCUT2D eigenvalue weighted by Gasteiger charge is -2.20. The fraction of sp³-hybridized carbons (Fsp3) is 0.786. The highest BCUT2D eigenvalue weighted by Gasteiger charge is 2.36. The molecule has 1 fully saturated rings. The van der Waals surface area contributed by atoms with Gasteiger partial charge in [-0.1, -0.05) is 6.92 Å². The van der Waals surface area contributed by atoms with Crippen LogP contribution in [-0.4, -0.2) is 65.5 Å². The number of rotatable bonds is 6. The van der Waals surface area contributed by atoms with E-state index in [0.717, 1.165) is 0 Å². The van der Waals surface area contributed by atoms with Gasteiger partial charge in [-0.3, -0.25) is 9.59 Å². The molecule has 0 aromatic carbocycles. The van der Waals surface area contributed by atoms with Crippen LogP contribution in [0.25, 0.3) is 0 Å². The molecule has 0 aromatic heterocycles. The van der Waals surface area contributed by atoms with Crippen LogP contribution in [0.5, 0.6) is 0 Å². The largest absolute Gasteiger partial charge is 0.481 e. The van der Waals surface area contributed by atoms with Crippen LogP contribution in [0.15, 0.2) is 0 Å². The van der Waals surface area contributed by atoms with Gasteiger partial charge in [0.15, 0.2) is 0 Å². The van der Waals surface area contributed by atoms with Crippen LogP contribution in [0, 0.1) is 11.8 Å². The third kappa shape index (κ3) is 4.61. The molecule has 1 saturated heterocycles. The summed E-state index contributed by atoms with van der Waals surface area (Å²) in [6, 6.07) is -0.294. The van der Waals surface area contributed by atoms with Crippen LogP contribution >= 0.6 is 0 Å². The SMILES string of the molecule is CCN(CC)C(=O)CCNC(=O)N1CC(C)C(C(=O)O)C1. The van der Waals surface area contributed by atoms with Gasteiger partial charge in [-0.05, 0) is 19.8 Å². The van der Waals surface area contributed by atoms with E-state index >= 15 is 0 Å². The summed E-state index contributed by atoms with van der Waals surface area (Å²) in [7, 11) is 0. The van der Waals surface area contributed by atoms with E-state index in [0.29, 0.717) is 19.6 Å². The number of hydrogen-bond donors (Lipinski definition) is 2. The lowest BCUT2D eigenvalue weighted by atomic mass is 9.99. The molecule has 0 saturated carbocycles. The number of carboxylic acids is 1. The van der Waals surface area contributed by atoms with Crippen LogP contribution in [0.2, 0.25) is 0 Å². The van der Waals surface area contributed by atoms with Gasteiger partial charge < -0.3 is 20.2 Å². The lowest BCUT2D eigenvalue weighted by Crippen LogP contribution is -2.41. The van der Waals surface area contributed by atoms with E-state index in [1.54, 1.807) is 4.90 Å². The molecular formula is C14H25N3O4. The zero-order valence-corrected chi connectivity index (χ0v) is 13.0. The molecule has 1 heterocycles. The Labute approximate surface area is 125 Å². The molecule has 21 heavy (non-hydrogen) atoms. The van der Waals surface area contributed by atoms with Gasteiger partial charge in [0.1, 0.15) is 0 Å². The number of aliphatic carboxylic acids is 1. The average Bonchev–Trinajstić information content (AvgIpc) is 2.82. The number of nitrogens with one attached hydrogen (secondary N) is 1. The second-order valence-corrected chi connectivity index (χ2v) is 5.37. The van der Waals surface area contributed by atoms with Gasteiger partial charge >= 0.3 is 12.0 Å². The van der Waals surface area contributed by atoms with Crippen molar-refractivity contribution in [3.63, 3.8) is 0 Å². The van der Waals surface area contributed by atoms with E-state index in [2.05, 4.69) is 5.32 Å². The molecule has 0 spiro atoms. The van der Waals surface area contributed by atoms with Gasteiger partial charge in [0.25, 0.3) is 0 Å². The van der Waals surface area contributed by atoms with Gasteiger partial charge in [-0.25, -0.2) is 4.79 Å². The van der Waals surface area contributed by atoms with Gasteiger partial charge in [0.2, 0.25) is 5.91 Å². The maximum Gasteiger partial charge on any atom is 0.317 e. The Balaban J connectivity index is 2.35. The highest BCUT2D eigenvalue weighted by atomic mass is 16.4. The van der Waals surface area contributed by atoms with E-state index in [1.807, 2.05) is 20.8 Å². The smallest absolute Gasteiger partial charge is 0.317 e. The summed E-state index contributed by atoms with van der Waals surface area (Å²) < 4.78 is 0. The standard InChI is InChI=1S/C14H25N3O4/c1-4-16(5-2)12(18)6-7-15-14(21)17-8-10(3)11(9-17)13(19)20/h10-11H,4-9H2,1-3H3,(H,15,21)(H,19,20). The van der Waals surface area contributed by atoms with Crippen molar-refractivity contribution in [2.75, 3.05) is 32.7 Å². The number of urea groups is 1. The summed E-state index contributed by atoms with van der Waals surface area (Å²) in [5.41, 5.74) is 0. The first kappa shape index (κ1) is 17.3. The minimum atomic E-state index is -0.866. The third-order valence-corrected chi connectivity index (χ3v) is 3.95. The molecule has 1 rings (SSSR count). The van der Waals surface area contributed by atoms with E-state index in [4.69, 9.17) is 5.11 Å². The summed E-state index contributed by atoms with van der Waals surface area (Å²) in [6.45, 7) is 7.92. The van der Waals surface area contributed by atoms with E-state index in [-0.39, 0.29) is 37.4 Å². The Kier molecular flexibility index (Phi) is 6.45. The van der Waals surface area contributed by atoms with E-state index < -0.39 is 11.9 Å². The molecule has 2 atom stereocenters. The molecule has 0 radical (unpaired) electrons. The van der Waals surface area contributed by atoms with Crippen LogP contribution < -0.4 is 5.32 Å². The number of hydrogen-bond acceptors (Lipinski definition) is 3. The average molecular weight is 299 g/mol. The van der Waals surface area contributed by atoms with Crippen molar-refractivity contribution in [3.05, 3.63) is 0 Å². The van der Waals surface area contributed by atoms with Crippen LogP contribution in [0.3, 0.4) is 0 Å². The summed E-state index contributed by atoms with van der Waals surface area (Å²) in [5.74, 6) is -1.41. The van der Waals surface area contributed by atoms with Crippen molar-refractivity contribution in [1.29, 1.82) is 0 Å². The number of carboxylic acid groups (broad SMARTS) is 1. The van der Waals surface area contributed by atoms with E-state index in [1.165, 1.54) is 4.90 Å². The summed E-state index contributed by atoms with van der Waals surface area (Å²) in [6.07, 6.45) is 0.263. The Bertz CT molecular complexity index is 396. The molecule has 0 aromatic rings. The fourth-order valence-corrected chi connectivity index (χ4v) is 2.58. The van der Waals surface area contributed by atoms with Gasteiger partial charge in [0, 0.05) is 39.1 Å². The number of nitrogens with zero attached hydrogens (tertiary/aromatic N) is 2. The van der Waals surface area contributed by atoms with Crippen LogP contribution in [0.1, 0.15) is 27.2 Å². The predicted octanol–water partition coefficient (Wildman–Crippen LogP) is 0.607. The highest BCUT2D eigenvalue weighted by molar-refractivity contribution is 5.79. The first-order valence-electron chi connectivity index (χ1n) is 7.44. The maximum atomic E-state index is 11.9. The zero-order chi connectivity index (χ0) is 16.0. The molecule has 0 bridgehead atoms. The van der Waals surface area contributed by atoms with Crippen molar-refractivity contribution in [2.45, 2.75) is 27.2 Å². The minimum absolute atomic E-state index is 0.0125. The Morgan fingerprint density at radius 1 is 1.24 bits per heavy atom. The summed E-state index contributed by atoms with van der Waals surface area (Å²) in [4.78, 5) is 38.0. The maximum absolute atomic E-state index is 11.9. The van der Waals surface area contributed by atoms with Gasteiger partial charge in [-0.2, -0.15) is 0 Å². The molecule has 1 aliphatic rings. The van der Waals surface area contributed by atoms with Crippen LogP contribution in [0.4, 0.5) is 4.79 Å². The highest BCUT2D eigenvalue weighted by Crippen LogP contribution is 2.22. The Morgan fingerprint density at radius 2 is 1.86 bits per heavy atom. The molecular weight excluding hydrogens is 274 g/mol. The molecule has 7 nitrogen and oxygen atoms in total. The Morgan fingerprint density at radius 3 is 2.33 bits per heavy atom. The number of carbonyl (C=O) groups is 3. The second kappa shape index (κ2) is 7.85. The van der Waals surface area contributed by atoms with Crippen molar-refractivity contribution in [1.82, 2.24) is 15.1 Å². The van der Waals surface area contributed by atoms with Crippen molar-refractivity contribution < 1.29 is 19.5 Å². The van der Waals surface area contributed by atoms with Gasteiger partial charge in [0.05, 0.1) is 5.92 Å². The number of carbonyl (C=O) groups excluding carboxylic acids is 2. The summed E-state index contributed by atoms with van der Waals surface area (Å²) in [5, 5.41) is 11.7. The van der Waals surface area contributed by atoms with Gasteiger partial charge in [-0.15, -0.1) is 0 Å². The Hall–Kier alpha value is -1.79. The fourth-order valence-electron chi connectivity index (χ4n) is 2.58. The van der Waals surface area contributed by atoms with Crippen LogP contribution in [-0.2, 0) is 9.59 Å². The third-order valence-electron chi connectivity index (χ3n) is 3.95. The number of amides is 3. The lowest BCUT2D eigenvalue weighted by molar-refractivity contribution is -0.142. The predicted molar refractivity (Wildman–Crippen MR) is 77.8 cm³/mol. The number of likely N-dealkylation sites (tertiary alicyclic amines) is 1. The first-order valence-corrected chi connectivity index (χ1v) is 7.44. The van der Waals surface area contributed by atoms with Crippen molar-refractivity contribution in [3.8, 4) is 0 Å². The van der Waals surface area contributed by atoms with Crippen molar-refractivity contribution in [2.24, 2.45) is 11.8 Å². The summed E-state index contributed by atoms with van der Waals surface area (Å²) >= 11 is 0. The molecule has 7 heteroatoms. The quantitative estimate of drug-likeness (QED) is 0.752. The zero-order valence-electron chi connectivity index (χ0n) is 13.0. The molecule has 2 unspecified atom stereocenters. The molecule has 2 N–H and O–H groups in total. The monoisotopic (exact) mass is 299 g/mol. The van der Waals surface area contributed by atoms with E-state index in [9.17, 15) is 14.4 Å². The first-order chi connectivity index (χ1) is 9.90. The molecule has 1 aliphatic heterocycles. The topological polar surface area (TPSA) is 90.0 Å². The normalized spacial score (nSPS) is 21.2. The second-order valence-electron chi connectivity index (χ2n) is 5.37. The van der Waals surface area contributed by atoms with Crippen molar-refractivity contribution >= 4 is 17.9 Å². The molecule has 3 amide bonds. The molecule has 0 aliphatic carbocycles. The molecule has 120 valence electrons. The minimum Gasteiger partial charge on any atom is -0.481 e.